The van der Waals surface area contributed by atoms with Crippen LogP contribution in [-0.4, -0.2) is 15.9 Å². The maximum Gasteiger partial charge on any atom is 0.252 e. The summed E-state index contributed by atoms with van der Waals surface area (Å²) in [6, 6.07) is 14.7. The SMILES string of the molecule is Cc1cccc(C(=O)NC(Nc2ccc(I)cc2)C(Cl)(Cl)Cl)c1. The molecule has 122 valence electrons. The van der Waals surface area contributed by atoms with Crippen LogP contribution in [0, 0.1) is 10.5 Å². The van der Waals surface area contributed by atoms with Crippen LogP contribution in [-0.2, 0) is 0 Å². The van der Waals surface area contributed by atoms with E-state index in [1.165, 1.54) is 0 Å². The van der Waals surface area contributed by atoms with Gasteiger partial charge in [0.25, 0.3) is 5.91 Å². The van der Waals surface area contributed by atoms with Gasteiger partial charge in [-0.3, -0.25) is 4.79 Å². The van der Waals surface area contributed by atoms with Crippen LogP contribution >= 0.6 is 57.4 Å². The largest absolute Gasteiger partial charge is 0.362 e. The van der Waals surface area contributed by atoms with Gasteiger partial charge in [-0.25, -0.2) is 0 Å². The van der Waals surface area contributed by atoms with Crippen LogP contribution < -0.4 is 10.6 Å². The third-order valence-corrected chi connectivity index (χ3v) is 4.41. The highest BCUT2D eigenvalue weighted by atomic mass is 127. The molecule has 3 nitrogen and oxygen atoms in total. The number of carbonyl (C=O) groups is 1. The van der Waals surface area contributed by atoms with Gasteiger partial charge < -0.3 is 10.6 Å². The summed E-state index contributed by atoms with van der Waals surface area (Å²) in [5, 5.41) is 5.75. The van der Waals surface area contributed by atoms with Crippen molar-refractivity contribution >= 4 is 69.0 Å². The van der Waals surface area contributed by atoms with Crippen LogP contribution in [0.15, 0.2) is 48.5 Å². The molecule has 0 bridgehead atoms. The minimum atomic E-state index is -1.71. The molecule has 23 heavy (non-hydrogen) atoms. The first-order valence-corrected chi connectivity index (χ1v) is 8.93. The van der Waals surface area contributed by atoms with Crippen LogP contribution in [0.4, 0.5) is 5.69 Å². The Bertz CT molecular complexity index is 686. The van der Waals surface area contributed by atoms with Crippen molar-refractivity contribution in [1.29, 1.82) is 0 Å². The average molecular weight is 484 g/mol. The number of benzene rings is 2. The second kappa shape index (κ2) is 7.92. The molecule has 0 saturated heterocycles. The van der Waals surface area contributed by atoms with Gasteiger partial charge in [0, 0.05) is 14.8 Å². The number of aryl methyl sites for hydroxylation is 1. The Kier molecular flexibility index (Phi) is 6.42. The van der Waals surface area contributed by atoms with Crippen molar-refractivity contribution in [2.45, 2.75) is 16.9 Å². The highest BCUT2D eigenvalue weighted by molar-refractivity contribution is 14.1. The van der Waals surface area contributed by atoms with Crippen LogP contribution in [0.5, 0.6) is 0 Å². The summed E-state index contributed by atoms with van der Waals surface area (Å²) in [4.78, 5) is 12.4. The highest BCUT2D eigenvalue weighted by Crippen LogP contribution is 2.31. The molecule has 1 amide bonds. The van der Waals surface area contributed by atoms with E-state index in [1.807, 2.05) is 37.3 Å². The number of amides is 1. The first-order chi connectivity index (χ1) is 10.8. The van der Waals surface area contributed by atoms with Gasteiger partial charge in [0.15, 0.2) is 0 Å². The number of halogens is 4. The molecular weight excluding hydrogens is 469 g/mol. The predicted molar refractivity (Wildman–Crippen MR) is 106 cm³/mol. The molecule has 2 rings (SSSR count). The minimum Gasteiger partial charge on any atom is -0.362 e. The van der Waals surface area contributed by atoms with Gasteiger partial charge in [-0.2, -0.15) is 0 Å². The molecule has 2 aromatic carbocycles. The van der Waals surface area contributed by atoms with Gasteiger partial charge in [-0.05, 0) is 65.9 Å². The summed E-state index contributed by atoms with van der Waals surface area (Å²) in [5.74, 6) is -0.317. The number of carbonyl (C=O) groups excluding carboxylic acids is 1. The van der Waals surface area contributed by atoms with E-state index in [4.69, 9.17) is 34.8 Å². The van der Waals surface area contributed by atoms with Gasteiger partial charge in [0.05, 0.1) is 0 Å². The fraction of sp³-hybridized carbons (Fsp3) is 0.188. The summed E-state index contributed by atoms with van der Waals surface area (Å²) in [5.41, 5.74) is 2.23. The van der Waals surface area contributed by atoms with E-state index in [9.17, 15) is 4.79 Å². The maximum absolute atomic E-state index is 12.4. The quantitative estimate of drug-likeness (QED) is 0.359. The number of hydrogen-bond donors (Lipinski definition) is 2. The Morgan fingerprint density at radius 1 is 1.13 bits per heavy atom. The molecular formula is C16H14Cl3IN2O. The van der Waals surface area contributed by atoms with E-state index < -0.39 is 9.96 Å². The zero-order valence-electron chi connectivity index (χ0n) is 12.1. The van der Waals surface area contributed by atoms with Gasteiger partial charge in [0.2, 0.25) is 3.79 Å². The summed E-state index contributed by atoms with van der Waals surface area (Å²) in [7, 11) is 0. The Morgan fingerprint density at radius 2 is 1.78 bits per heavy atom. The van der Waals surface area contributed by atoms with Crippen molar-refractivity contribution in [1.82, 2.24) is 5.32 Å². The van der Waals surface area contributed by atoms with Crippen molar-refractivity contribution in [3.63, 3.8) is 0 Å². The fourth-order valence-corrected chi connectivity index (χ4v) is 2.60. The number of nitrogens with one attached hydrogen (secondary N) is 2. The second-order valence-electron chi connectivity index (χ2n) is 4.97. The molecule has 0 fully saturated rings. The van der Waals surface area contributed by atoms with Crippen molar-refractivity contribution < 1.29 is 4.79 Å². The molecule has 7 heteroatoms. The molecule has 0 aliphatic carbocycles. The summed E-state index contributed by atoms with van der Waals surface area (Å²) in [6.45, 7) is 1.91. The molecule has 0 aromatic heterocycles. The van der Waals surface area contributed by atoms with Gasteiger partial charge in [0.1, 0.15) is 6.17 Å². The van der Waals surface area contributed by atoms with E-state index in [0.717, 1.165) is 14.8 Å². The van der Waals surface area contributed by atoms with Crippen molar-refractivity contribution in [2.24, 2.45) is 0 Å². The van der Waals surface area contributed by atoms with E-state index >= 15 is 0 Å². The molecule has 0 heterocycles. The predicted octanol–water partition coefficient (Wildman–Crippen LogP) is 5.14. The monoisotopic (exact) mass is 482 g/mol. The molecule has 0 radical (unpaired) electrons. The molecule has 0 spiro atoms. The second-order valence-corrected chi connectivity index (χ2v) is 8.58. The van der Waals surface area contributed by atoms with E-state index in [0.29, 0.717) is 5.56 Å². The van der Waals surface area contributed by atoms with Crippen molar-refractivity contribution in [3.05, 3.63) is 63.2 Å². The lowest BCUT2D eigenvalue weighted by molar-refractivity contribution is 0.0942. The number of anilines is 1. The van der Waals surface area contributed by atoms with E-state index in [1.54, 1.807) is 18.2 Å². The third kappa shape index (κ3) is 5.71. The zero-order valence-corrected chi connectivity index (χ0v) is 16.5. The average Bonchev–Trinajstić information content (AvgIpc) is 2.47. The first-order valence-electron chi connectivity index (χ1n) is 6.72. The van der Waals surface area contributed by atoms with Gasteiger partial charge in [-0.1, -0.05) is 52.5 Å². The number of hydrogen-bond acceptors (Lipinski definition) is 2. The van der Waals surface area contributed by atoms with Gasteiger partial charge >= 0.3 is 0 Å². The lowest BCUT2D eigenvalue weighted by atomic mass is 10.1. The smallest absolute Gasteiger partial charge is 0.252 e. The lowest BCUT2D eigenvalue weighted by Crippen LogP contribution is -2.49. The lowest BCUT2D eigenvalue weighted by Gasteiger charge is -2.27. The number of alkyl halides is 3. The summed E-state index contributed by atoms with van der Waals surface area (Å²) in [6.07, 6.45) is -0.874. The van der Waals surface area contributed by atoms with E-state index in [2.05, 4.69) is 33.2 Å². The Labute approximate surface area is 163 Å². The minimum absolute atomic E-state index is 0.317. The molecule has 1 atom stereocenters. The molecule has 1 unspecified atom stereocenters. The Balaban J connectivity index is 2.16. The molecule has 2 aromatic rings. The van der Waals surface area contributed by atoms with Crippen molar-refractivity contribution in [2.75, 3.05) is 5.32 Å². The van der Waals surface area contributed by atoms with Crippen LogP contribution in [0.2, 0.25) is 0 Å². The molecule has 0 aliphatic rings. The first kappa shape index (κ1) is 18.6. The van der Waals surface area contributed by atoms with Crippen molar-refractivity contribution in [3.8, 4) is 0 Å². The fourth-order valence-electron chi connectivity index (χ4n) is 1.91. The summed E-state index contributed by atoms with van der Waals surface area (Å²) < 4.78 is -0.620. The topological polar surface area (TPSA) is 41.1 Å². The van der Waals surface area contributed by atoms with Crippen LogP contribution in [0.25, 0.3) is 0 Å². The molecule has 0 aliphatic heterocycles. The third-order valence-electron chi connectivity index (χ3n) is 3.04. The van der Waals surface area contributed by atoms with Crippen LogP contribution in [0.1, 0.15) is 15.9 Å². The maximum atomic E-state index is 12.4. The molecule has 2 N–H and O–H groups in total. The van der Waals surface area contributed by atoms with Crippen LogP contribution in [0.3, 0.4) is 0 Å². The van der Waals surface area contributed by atoms with Gasteiger partial charge in [-0.15, -0.1) is 0 Å². The Morgan fingerprint density at radius 3 is 2.35 bits per heavy atom. The highest BCUT2D eigenvalue weighted by Gasteiger charge is 2.34. The zero-order chi connectivity index (χ0) is 17.0. The summed E-state index contributed by atoms with van der Waals surface area (Å²) >= 11 is 20.2. The Hall–Kier alpha value is -0.690. The number of rotatable bonds is 4. The van der Waals surface area contributed by atoms with E-state index in [-0.39, 0.29) is 5.91 Å². The normalized spacial score (nSPS) is 12.6. The standard InChI is InChI=1S/C16H14Cl3IN2O/c1-10-3-2-4-11(9-10)14(23)22-15(16(17,18)19)21-13-7-5-12(20)6-8-13/h2-9,15,21H,1H3,(H,22,23). The molecule has 0 saturated carbocycles.